The molecule has 0 saturated carbocycles. The van der Waals surface area contributed by atoms with E-state index in [1.165, 1.54) is 17.8 Å². The molecule has 0 fully saturated rings. The van der Waals surface area contributed by atoms with Crippen LogP contribution in [-0.4, -0.2) is 26.4 Å². The largest absolute Gasteiger partial charge is 0.299 e. The highest BCUT2D eigenvalue weighted by Gasteiger charge is 2.28. The summed E-state index contributed by atoms with van der Waals surface area (Å²) < 4.78 is 16.3. The van der Waals surface area contributed by atoms with Gasteiger partial charge in [-0.25, -0.2) is 4.39 Å². The summed E-state index contributed by atoms with van der Waals surface area (Å²) in [6, 6.07) is 22.4. The van der Waals surface area contributed by atoms with Crippen molar-refractivity contribution < 1.29 is 9.18 Å². The molecule has 1 aliphatic rings. The highest BCUT2D eigenvalue weighted by Crippen LogP contribution is 2.48. The number of thioether (sulfide) groups is 1. The van der Waals surface area contributed by atoms with Crippen molar-refractivity contribution >= 4 is 40.8 Å². The van der Waals surface area contributed by atoms with Gasteiger partial charge in [-0.2, -0.15) is 0 Å². The lowest BCUT2D eigenvalue weighted by atomic mass is 10.2. The molecule has 166 valence electrons. The number of benzene rings is 3. The number of rotatable bonds is 5. The molecule has 1 aromatic heterocycles. The second-order valence-corrected chi connectivity index (χ2v) is 9.83. The third-order valence-corrected chi connectivity index (χ3v) is 7.36. The summed E-state index contributed by atoms with van der Waals surface area (Å²) in [4.78, 5) is 17.4. The van der Waals surface area contributed by atoms with Crippen LogP contribution in [0.25, 0.3) is 11.4 Å². The normalized spacial score (nSPS) is 12.5. The minimum Gasteiger partial charge on any atom is -0.299 e. The van der Waals surface area contributed by atoms with Crippen molar-refractivity contribution in [2.45, 2.75) is 34.8 Å². The van der Waals surface area contributed by atoms with Crippen LogP contribution in [0.4, 0.5) is 15.8 Å². The molecule has 0 radical (unpaired) electrons. The van der Waals surface area contributed by atoms with Crippen LogP contribution in [0.15, 0.2) is 87.7 Å². The van der Waals surface area contributed by atoms with E-state index in [9.17, 15) is 9.18 Å². The van der Waals surface area contributed by atoms with E-state index in [2.05, 4.69) is 10.2 Å². The van der Waals surface area contributed by atoms with Crippen LogP contribution in [-0.2, 0) is 4.79 Å². The van der Waals surface area contributed by atoms with Gasteiger partial charge in [-0.15, -0.1) is 10.2 Å². The third-order valence-electron chi connectivity index (χ3n) is 5.30. The van der Waals surface area contributed by atoms with Crippen molar-refractivity contribution in [1.82, 2.24) is 14.8 Å². The molecule has 0 unspecified atom stereocenters. The number of halogens is 1. The standard InChI is InChI=1S/C25H21FN4OS2/c1-16(2)29-24(17-9-3-4-10-18(17)26)27-28-25(29)32-15-23(31)30-19-11-5-7-13-21(19)33-22-14-8-6-12-20(22)30/h3-14,16H,15H2,1-2H3. The number of hydrogen-bond acceptors (Lipinski definition) is 5. The molecule has 0 atom stereocenters. The molecule has 0 spiro atoms. The number of anilines is 2. The number of nitrogens with zero attached hydrogens (tertiary/aromatic N) is 4. The lowest BCUT2D eigenvalue weighted by Gasteiger charge is -2.31. The zero-order valence-electron chi connectivity index (χ0n) is 18.1. The summed E-state index contributed by atoms with van der Waals surface area (Å²) in [5.74, 6) is 0.239. The smallest absolute Gasteiger partial charge is 0.242 e. The number of carbonyl (C=O) groups excluding carboxylic acids is 1. The average Bonchev–Trinajstić information content (AvgIpc) is 3.25. The zero-order valence-corrected chi connectivity index (χ0v) is 19.7. The van der Waals surface area contributed by atoms with Crippen LogP contribution in [0.2, 0.25) is 0 Å². The fourth-order valence-corrected chi connectivity index (χ4v) is 5.81. The van der Waals surface area contributed by atoms with Gasteiger partial charge in [-0.05, 0) is 50.2 Å². The SMILES string of the molecule is CC(C)n1c(SCC(=O)N2c3ccccc3Sc3ccccc32)nnc1-c1ccccc1F. The number of amides is 1. The summed E-state index contributed by atoms with van der Waals surface area (Å²) in [6.45, 7) is 3.99. The molecule has 33 heavy (non-hydrogen) atoms. The number of carbonyl (C=O) groups is 1. The van der Waals surface area contributed by atoms with E-state index in [1.54, 1.807) is 34.9 Å². The fourth-order valence-electron chi connectivity index (χ4n) is 3.83. The first-order valence-corrected chi connectivity index (χ1v) is 12.4. The van der Waals surface area contributed by atoms with Gasteiger partial charge in [0.05, 0.1) is 22.7 Å². The molecular weight excluding hydrogens is 455 g/mol. The molecule has 2 heterocycles. The van der Waals surface area contributed by atoms with Gasteiger partial charge in [0.1, 0.15) is 5.82 Å². The van der Waals surface area contributed by atoms with Gasteiger partial charge in [0, 0.05) is 15.8 Å². The Balaban J connectivity index is 1.45. The predicted octanol–water partition coefficient (Wildman–Crippen LogP) is 6.59. The Bertz CT molecular complexity index is 1290. The van der Waals surface area contributed by atoms with Crippen molar-refractivity contribution in [2.24, 2.45) is 0 Å². The van der Waals surface area contributed by atoms with Crippen molar-refractivity contribution in [2.75, 3.05) is 10.7 Å². The quantitative estimate of drug-likeness (QED) is 0.304. The van der Waals surface area contributed by atoms with Gasteiger partial charge in [0.25, 0.3) is 0 Å². The molecule has 0 bridgehead atoms. The Kier molecular flexibility index (Phi) is 5.95. The van der Waals surface area contributed by atoms with Crippen LogP contribution in [0, 0.1) is 5.82 Å². The summed E-state index contributed by atoms with van der Waals surface area (Å²) in [7, 11) is 0. The number of hydrogen-bond donors (Lipinski definition) is 0. The first-order valence-electron chi connectivity index (χ1n) is 10.6. The molecule has 0 N–H and O–H groups in total. The summed E-state index contributed by atoms with van der Waals surface area (Å²) in [5.41, 5.74) is 2.15. The number of para-hydroxylation sites is 2. The average molecular weight is 477 g/mol. The van der Waals surface area contributed by atoms with E-state index in [0.717, 1.165) is 21.2 Å². The van der Waals surface area contributed by atoms with Crippen LogP contribution in [0.3, 0.4) is 0 Å². The number of fused-ring (bicyclic) bond motifs is 2. The lowest BCUT2D eigenvalue weighted by molar-refractivity contribution is -0.115. The van der Waals surface area contributed by atoms with E-state index in [4.69, 9.17) is 0 Å². The van der Waals surface area contributed by atoms with E-state index in [1.807, 2.05) is 66.9 Å². The first-order chi connectivity index (χ1) is 16.0. The van der Waals surface area contributed by atoms with Gasteiger partial charge >= 0.3 is 0 Å². The van der Waals surface area contributed by atoms with Gasteiger partial charge < -0.3 is 0 Å². The van der Waals surface area contributed by atoms with Gasteiger partial charge in [-0.1, -0.05) is 59.9 Å². The molecule has 0 saturated heterocycles. The van der Waals surface area contributed by atoms with Gasteiger partial charge in [-0.3, -0.25) is 14.3 Å². The second kappa shape index (κ2) is 9.03. The molecule has 1 aliphatic heterocycles. The summed E-state index contributed by atoms with van der Waals surface area (Å²) >= 11 is 2.98. The lowest BCUT2D eigenvalue weighted by Crippen LogP contribution is -2.30. The molecule has 4 aromatic rings. The van der Waals surface area contributed by atoms with Crippen LogP contribution >= 0.6 is 23.5 Å². The van der Waals surface area contributed by atoms with E-state index < -0.39 is 0 Å². The second-order valence-electron chi connectivity index (χ2n) is 7.81. The monoisotopic (exact) mass is 476 g/mol. The Morgan fingerprint density at radius 2 is 1.55 bits per heavy atom. The van der Waals surface area contributed by atoms with Crippen molar-refractivity contribution in [1.29, 1.82) is 0 Å². The molecule has 3 aromatic carbocycles. The Morgan fingerprint density at radius 3 is 2.18 bits per heavy atom. The van der Waals surface area contributed by atoms with Crippen molar-refractivity contribution in [3.05, 3.63) is 78.6 Å². The molecule has 5 nitrogen and oxygen atoms in total. The Morgan fingerprint density at radius 1 is 0.939 bits per heavy atom. The van der Waals surface area contributed by atoms with Crippen LogP contribution < -0.4 is 4.90 Å². The summed E-state index contributed by atoms with van der Waals surface area (Å²) in [5, 5.41) is 9.14. The minimum absolute atomic E-state index is 0.0000433. The van der Waals surface area contributed by atoms with Crippen LogP contribution in [0.1, 0.15) is 19.9 Å². The van der Waals surface area contributed by atoms with Gasteiger partial charge in [0.2, 0.25) is 5.91 Å². The van der Waals surface area contributed by atoms with E-state index >= 15 is 0 Å². The maximum absolute atomic E-state index is 14.4. The predicted molar refractivity (Wildman–Crippen MR) is 131 cm³/mol. The zero-order chi connectivity index (χ0) is 22.9. The molecule has 0 aliphatic carbocycles. The first kappa shape index (κ1) is 21.7. The van der Waals surface area contributed by atoms with Gasteiger partial charge in [0.15, 0.2) is 11.0 Å². The van der Waals surface area contributed by atoms with E-state index in [0.29, 0.717) is 16.5 Å². The van der Waals surface area contributed by atoms with Crippen LogP contribution in [0.5, 0.6) is 0 Å². The van der Waals surface area contributed by atoms with Crippen molar-refractivity contribution in [3.8, 4) is 11.4 Å². The summed E-state index contributed by atoms with van der Waals surface area (Å²) in [6.07, 6.45) is 0. The molecule has 8 heteroatoms. The third kappa shape index (κ3) is 4.05. The fraction of sp³-hybridized carbons (Fsp3) is 0.160. The highest BCUT2D eigenvalue weighted by atomic mass is 32.2. The molecular formula is C25H21FN4OS2. The number of aromatic nitrogens is 3. The maximum Gasteiger partial charge on any atom is 0.242 e. The Hall–Kier alpha value is -3.10. The van der Waals surface area contributed by atoms with E-state index in [-0.39, 0.29) is 23.5 Å². The molecule has 5 rings (SSSR count). The highest BCUT2D eigenvalue weighted by molar-refractivity contribution is 8.00. The topological polar surface area (TPSA) is 51.0 Å². The Labute approximate surface area is 200 Å². The maximum atomic E-state index is 14.4. The van der Waals surface area contributed by atoms with Crippen molar-refractivity contribution in [3.63, 3.8) is 0 Å². The molecule has 1 amide bonds. The minimum atomic E-state index is -0.349.